The summed E-state index contributed by atoms with van der Waals surface area (Å²) in [6.07, 6.45) is 0. The first-order valence-electron chi connectivity index (χ1n) is 7.36. The van der Waals surface area contributed by atoms with Crippen LogP contribution in [0.3, 0.4) is 0 Å². The van der Waals surface area contributed by atoms with Gasteiger partial charge in [-0.05, 0) is 32.9 Å². The molecule has 0 aliphatic rings. The van der Waals surface area contributed by atoms with E-state index in [4.69, 9.17) is 4.98 Å². The summed E-state index contributed by atoms with van der Waals surface area (Å²) in [6.45, 7) is 7.91. The van der Waals surface area contributed by atoms with E-state index in [1.54, 1.807) is 0 Å². The fourth-order valence-corrected chi connectivity index (χ4v) is 2.23. The molecule has 0 bridgehead atoms. The lowest BCUT2D eigenvalue weighted by Gasteiger charge is -2.25. The largest absolute Gasteiger partial charge is 0.395 e. The molecule has 0 atom stereocenters. The normalized spacial score (nSPS) is 11.9. The number of aromatic nitrogens is 1. The number of hydrogen-bond acceptors (Lipinski definition) is 4. The van der Waals surface area contributed by atoms with Crippen molar-refractivity contribution in [1.29, 1.82) is 0 Å². The van der Waals surface area contributed by atoms with E-state index < -0.39 is 0 Å². The van der Waals surface area contributed by atoms with Crippen LogP contribution in [0, 0.1) is 0 Å². The van der Waals surface area contributed by atoms with Crippen LogP contribution in [0.1, 0.15) is 26.3 Å². The minimum atomic E-state index is 0.0540. The van der Waals surface area contributed by atoms with E-state index in [1.165, 1.54) is 0 Å². The van der Waals surface area contributed by atoms with Gasteiger partial charge in [0.1, 0.15) is 5.82 Å². The molecule has 4 heteroatoms. The number of rotatable bonds is 5. The van der Waals surface area contributed by atoms with Gasteiger partial charge in [-0.15, -0.1) is 0 Å². The van der Waals surface area contributed by atoms with Crippen LogP contribution < -0.4 is 10.2 Å². The highest BCUT2D eigenvalue weighted by atomic mass is 16.3. The van der Waals surface area contributed by atoms with Crippen LogP contribution in [0.15, 0.2) is 30.3 Å². The number of para-hydroxylation sites is 1. The highest BCUT2D eigenvalue weighted by Crippen LogP contribution is 2.23. The summed E-state index contributed by atoms with van der Waals surface area (Å²) in [7, 11) is 1.97. The molecule has 0 aliphatic carbocycles. The Morgan fingerprint density at radius 3 is 2.62 bits per heavy atom. The van der Waals surface area contributed by atoms with Gasteiger partial charge in [-0.1, -0.05) is 18.2 Å². The zero-order chi connectivity index (χ0) is 15.5. The fraction of sp³-hybridized carbons (Fsp3) is 0.471. The summed E-state index contributed by atoms with van der Waals surface area (Å²) in [5, 5.41) is 13.8. The molecule has 0 spiro atoms. The van der Waals surface area contributed by atoms with Crippen molar-refractivity contribution in [3.05, 3.63) is 35.9 Å². The first-order valence-corrected chi connectivity index (χ1v) is 7.36. The van der Waals surface area contributed by atoms with Crippen LogP contribution in [0.4, 0.5) is 5.82 Å². The van der Waals surface area contributed by atoms with Crippen molar-refractivity contribution in [1.82, 2.24) is 10.3 Å². The lowest BCUT2D eigenvalue weighted by atomic mass is 10.1. The number of hydrogen-bond donors (Lipinski definition) is 2. The Kier molecular flexibility index (Phi) is 4.80. The van der Waals surface area contributed by atoms with Crippen molar-refractivity contribution in [2.45, 2.75) is 32.9 Å². The minimum absolute atomic E-state index is 0.0540. The minimum Gasteiger partial charge on any atom is -0.395 e. The predicted octanol–water partition coefficient (Wildman–Crippen LogP) is 2.55. The number of aliphatic hydroxyl groups is 1. The first-order chi connectivity index (χ1) is 9.90. The van der Waals surface area contributed by atoms with Gasteiger partial charge in [-0.25, -0.2) is 4.98 Å². The molecule has 114 valence electrons. The van der Waals surface area contributed by atoms with Crippen molar-refractivity contribution in [3.8, 4) is 0 Å². The average Bonchev–Trinajstić information content (AvgIpc) is 2.43. The number of likely N-dealkylation sites (N-methyl/N-ethyl adjacent to an activating group) is 1. The average molecular weight is 287 g/mol. The van der Waals surface area contributed by atoms with E-state index in [1.807, 2.05) is 30.1 Å². The Bertz CT molecular complexity index is 604. The lowest BCUT2D eigenvalue weighted by molar-refractivity contribution is 0.303. The van der Waals surface area contributed by atoms with E-state index in [-0.39, 0.29) is 12.1 Å². The Morgan fingerprint density at radius 1 is 1.24 bits per heavy atom. The molecule has 0 unspecified atom stereocenters. The molecule has 2 rings (SSSR count). The SMILES string of the molecule is CN(CCO)c1nc2ccccc2cc1CNC(C)(C)C. The molecule has 0 radical (unpaired) electrons. The van der Waals surface area contributed by atoms with Gasteiger partial charge < -0.3 is 15.3 Å². The monoisotopic (exact) mass is 287 g/mol. The quantitative estimate of drug-likeness (QED) is 0.887. The molecular formula is C17H25N3O. The number of nitrogens with one attached hydrogen (secondary N) is 1. The maximum atomic E-state index is 9.18. The second kappa shape index (κ2) is 6.41. The van der Waals surface area contributed by atoms with Crippen molar-refractivity contribution >= 4 is 16.7 Å². The number of pyridine rings is 1. The van der Waals surface area contributed by atoms with Gasteiger partial charge in [0.05, 0.1) is 12.1 Å². The van der Waals surface area contributed by atoms with Crippen molar-refractivity contribution in [2.24, 2.45) is 0 Å². The number of fused-ring (bicyclic) bond motifs is 1. The van der Waals surface area contributed by atoms with Crippen LogP contribution in [0.25, 0.3) is 10.9 Å². The summed E-state index contributed by atoms with van der Waals surface area (Å²) < 4.78 is 0. The first kappa shape index (κ1) is 15.7. The molecule has 1 heterocycles. The predicted molar refractivity (Wildman–Crippen MR) is 88.7 cm³/mol. The molecule has 1 aromatic carbocycles. The summed E-state index contributed by atoms with van der Waals surface area (Å²) in [4.78, 5) is 6.78. The summed E-state index contributed by atoms with van der Waals surface area (Å²) in [6, 6.07) is 10.3. The van der Waals surface area contributed by atoms with E-state index in [2.05, 4.69) is 38.2 Å². The molecule has 0 amide bonds. The zero-order valence-electron chi connectivity index (χ0n) is 13.3. The highest BCUT2D eigenvalue weighted by molar-refractivity contribution is 5.81. The second-order valence-corrected chi connectivity index (χ2v) is 6.41. The number of aliphatic hydroxyl groups excluding tert-OH is 1. The Balaban J connectivity index is 2.40. The van der Waals surface area contributed by atoms with Crippen LogP contribution in [0.5, 0.6) is 0 Å². The Labute approximate surface area is 126 Å². The smallest absolute Gasteiger partial charge is 0.133 e. The van der Waals surface area contributed by atoms with Gasteiger partial charge in [0.15, 0.2) is 0 Å². The summed E-state index contributed by atoms with van der Waals surface area (Å²) >= 11 is 0. The van der Waals surface area contributed by atoms with Crippen molar-refractivity contribution in [2.75, 3.05) is 25.1 Å². The van der Waals surface area contributed by atoms with E-state index >= 15 is 0 Å². The van der Waals surface area contributed by atoms with Crippen LogP contribution in [-0.2, 0) is 6.54 Å². The number of anilines is 1. The molecule has 2 aromatic rings. The topological polar surface area (TPSA) is 48.4 Å². The molecule has 0 aliphatic heterocycles. The van der Waals surface area contributed by atoms with Gasteiger partial charge in [0, 0.05) is 36.6 Å². The van der Waals surface area contributed by atoms with Crippen LogP contribution >= 0.6 is 0 Å². The number of benzene rings is 1. The molecule has 4 nitrogen and oxygen atoms in total. The summed E-state index contributed by atoms with van der Waals surface area (Å²) in [5.41, 5.74) is 2.19. The van der Waals surface area contributed by atoms with E-state index in [9.17, 15) is 5.11 Å². The third-order valence-corrected chi connectivity index (χ3v) is 3.39. The van der Waals surface area contributed by atoms with Gasteiger partial charge in [-0.3, -0.25) is 0 Å². The third kappa shape index (κ3) is 4.16. The standard InChI is InChI=1S/C17H25N3O/c1-17(2,3)18-12-14-11-13-7-5-6-8-15(13)19-16(14)20(4)9-10-21/h5-8,11,18,21H,9-10,12H2,1-4H3. The van der Waals surface area contributed by atoms with Gasteiger partial charge in [0.25, 0.3) is 0 Å². The fourth-order valence-electron chi connectivity index (χ4n) is 2.23. The molecular weight excluding hydrogens is 262 g/mol. The van der Waals surface area contributed by atoms with Gasteiger partial charge in [-0.2, -0.15) is 0 Å². The number of nitrogens with zero attached hydrogens (tertiary/aromatic N) is 2. The molecule has 1 aromatic heterocycles. The van der Waals surface area contributed by atoms with E-state index in [0.717, 1.165) is 28.8 Å². The molecule has 21 heavy (non-hydrogen) atoms. The molecule has 0 saturated carbocycles. The molecule has 0 saturated heterocycles. The maximum Gasteiger partial charge on any atom is 0.133 e. The van der Waals surface area contributed by atoms with Crippen molar-refractivity contribution in [3.63, 3.8) is 0 Å². The van der Waals surface area contributed by atoms with E-state index in [0.29, 0.717) is 6.54 Å². The summed E-state index contributed by atoms with van der Waals surface area (Å²) in [5.74, 6) is 0.930. The third-order valence-electron chi connectivity index (χ3n) is 3.39. The Morgan fingerprint density at radius 2 is 1.95 bits per heavy atom. The highest BCUT2D eigenvalue weighted by Gasteiger charge is 2.14. The van der Waals surface area contributed by atoms with Gasteiger partial charge in [0.2, 0.25) is 0 Å². The molecule has 2 N–H and O–H groups in total. The van der Waals surface area contributed by atoms with Crippen LogP contribution in [-0.4, -0.2) is 35.8 Å². The van der Waals surface area contributed by atoms with Crippen LogP contribution in [0.2, 0.25) is 0 Å². The molecule has 0 fully saturated rings. The zero-order valence-corrected chi connectivity index (χ0v) is 13.3. The Hall–Kier alpha value is -1.65. The lowest BCUT2D eigenvalue weighted by Crippen LogP contribution is -2.36. The van der Waals surface area contributed by atoms with Gasteiger partial charge >= 0.3 is 0 Å². The van der Waals surface area contributed by atoms with Crippen molar-refractivity contribution < 1.29 is 5.11 Å². The second-order valence-electron chi connectivity index (χ2n) is 6.41. The maximum absolute atomic E-state index is 9.18.